The number of nitrogens with zero attached hydrogens (tertiary/aromatic N) is 3. The Balaban J connectivity index is 1.84. The van der Waals surface area contributed by atoms with Crippen molar-refractivity contribution in [3.05, 3.63) is 72.3 Å². The number of methoxy groups -OCH3 is 1. The lowest BCUT2D eigenvalue weighted by Gasteiger charge is -2.28. The summed E-state index contributed by atoms with van der Waals surface area (Å²) in [6, 6.07) is 12.8. The lowest BCUT2D eigenvalue weighted by molar-refractivity contribution is 0.397. The highest BCUT2D eigenvalue weighted by Gasteiger charge is 2.41. The molecule has 34 heavy (non-hydrogen) atoms. The van der Waals surface area contributed by atoms with Gasteiger partial charge in [0.1, 0.15) is 5.75 Å². The summed E-state index contributed by atoms with van der Waals surface area (Å²) >= 11 is 5.78. The standard InChI is InChI=1S/C24H29N5O3S2/c1-24(2,3)28-13-11-16(15-28)22-21(18-8-6-7-12-25-18)26-23(33)29(22)17-9-10-20(32-4)19(14-17)27-34(5,30)31/h6-15,21-22,27H,1-5H3,(H,26,33)/t21-,22-/m0/s1. The molecule has 1 aliphatic heterocycles. The van der Waals surface area contributed by atoms with Gasteiger partial charge in [-0.15, -0.1) is 0 Å². The van der Waals surface area contributed by atoms with E-state index >= 15 is 0 Å². The minimum atomic E-state index is -3.51. The van der Waals surface area contributed by atoms with Gasteiger partial charge >= 0.3 is 0 Å². The number of nitrogens with one attached hydrogen (secondary N) is 2. The van der Waals surface area contributed by atoms with E-state index in [9.17, 15) is 8.42 Å². The molecule has 2 aromatic heterocycles. The van der Waals surface area contributed by atoms with Gasteiger partial charge < -0.3 is 19.5 Å². The second-order valence-corrected chi connectivity index (χ2v) is 11.4. The Kier molecular flexibility index (Phi) is 6.30. The van der Waals surface area contributed by atoms with Crippen LogP contribution in [0, 0.1) is 0 Å². The van der Waals surface area contributed by atoms with Crippen LogP contribution < -0.4 is 19.7 Å². The maximum absolute atomic E-state index is 12.0. The van der Waals surface area contributed by atoms with Gasteiger partial charge in [-0.05, 0) is 75.0 Å². The molecule has 1 aliphatic rings. The smallest absolute Gasteiger partial charge is 0.229 e. The summed E-state index contributed by atoms with van der Waals surface area (Å²) in [5, 5.41) is 3.95. The molecule has 3 aromatic rings. The molecule has 10 heteroatoms. The van der Waals surface area contributed by atoms with E-state index < -0.39 is 10.0 Å². The number of benzene rings is 1. The van der Waals surface area contributed by atoms with Crippen molar-refractivity contribution < 1.29 is 13.2 Å². The van der Waals surface area contributed by atoms with E-state index in [0.717, 1.165) is 23.2 Å². The molecule has 0 spiro atoms. The van der Waals surface area contributed by atoms with Crippen molar-refractivity contribution in [2.24, 2.45) is 0 Å². The van der Waals surface area contributed by atoms with Gasteiger partial charge in [0.2, 0.25) is 10.0 Å². The number of aromatic nitrogens is 2. The Labute approximate surface area is 206 Å². The predicted octanol–water partition coefficient (Wildman–Crippen LogP) is 4.20. The third kappa shape index (κ3) is 4.88. The Bertz CT molecular complexity index is 1300. The van der Waals surface area contributed by atoms with E-state index in [0.29, 0.717) is 16.5 Å². The Morgan fingerprint density at radius 1 is 1.18 bits per heavy atom. The van der Waals surface area contributed by atoms with E-state index in [-0.39, 0.29) is 17.6 Å². The van der Waals surface area contributed by atoms with Crippen LogP contribution in [0.4, 0.5) is 11.4 Å². The molecule has 4 rings (SSSR count). The summed E-state index contributed by atoms with van der Waals surface area (Å²) in [5.74, 6) is 0.420. The highest BCUT2D eigenvalue weighted by Crippen LogP contribution is 2.43. The first-order chi connectivity index (χ1) is 16.0. The first kappa shape index (κ1) is 24.0. The Morgan fingerprint density at radius 3 is 2.53 bits per heavy atom. The minimum Gasteiger partial charge on any atom is -0.495 e. The van der Waals surface area contributed by atoms with Crippen molar-refractivity contribution in [1.29, 1.82) is 0 Å². The fourth-order valence-electron chi connectivity index (χ4n) is 4.10. The molecule has 2 atom stereocenters. The van der Waals surface area contributed by atoms with E-state index in [2.05, 4.69) is 58.8 Å². The maximum atomic E-state index is 12.0. The number of hydrogen-bond donors (Lipinski definition) is 2. The van der Waals surface area contributed by atoms with Crippen LogP contribution in [0.5, 0.6) is 5.75 Å². The number of pyridine rings is 1. The molecule has 180 valence electrons. The van der Waals surface area contributed by atoms with Crippen LogP contribution in [0.3, 0.4) is 0 Å². The number of rotatable bonds is 6. The second-order valence-electron chi connectivity index (χ2n) is 9.28. The zero-order valence-electron chi connectivity index (χ0n) is 19.8. The molecule has 0 bridgehead atoms. The van der Waals surface area contributed by atoms with Crippen LogP contribution in [0.15, 0.2) is 61.1 Å². The van der Waals surface area contributed by atoms with Gasteiger partial charge in [-0.2, -0.15) is 0 Å². The molecule has 2 N–H and O–H groups in total. The summed E-state index contributed by atoms with van der Waals surface area (Å²) in [5.41, 5.74) is 2.92. The van der Waals surface area contributed by atoms with Gasteiger partial charge in [-0.3, -0.25) is 9.71 Å². The lowest BCUT2D eigenvalue weighted by Crippen LogP contribution is -2.29. The SMILES string of the molecule is COc1ccc(N2C(=S)N[C@@H](c3ccccn3)[C@@H]2c2ccn(C(C)(C)C)c2)cc1NS(C)(=O)=O. The zero-order chi connectivity index (χ0) is 24.7. The number of thiocarbonyl (C=S) groups is 1. The van der Waals surface area contributed by atoms with Gasteiger partial charge in [0.25, 0.3) is 0 Å². The normalized spacial score (nSPS) is 18.6. The van der Waals surface area contributed by atoms with E-state index in [1.54, 1.807) is 18.3 Å². The fourth-order valence-corrected chi connectivity index (χ4v) is 5.01. The molecule has 1 saturated heterocycles. The van der Waals surface area contributed by atoms with E-state index in [4.69, 9.17) is 17.0 Å². The van der Waals surface area contributed by atoms with Gasteiger partial charge in [0.05, 0.1) is 36.8 Å². The van der Waals surface area contributed by atoms with Crippen molar-refractivity contribution in [2.75, 3.05) is 23.0 Å². The third-order valence-corrected chi connectivity index (χ3v) is 6.59. The zero-order valence-corrected chi connectivity index (χ0v) is 21.4. The average molecular weight is 500 g/mol. The van der Waals surface area contributed by atoms with Crippen molar-refractivity contribution in [2.45, 2.75) is 38.4 Å². The van der Waals surface area contributed by atoms with Crippen LogP contribution >= 0.6 is 12.2 Å². The van der Waals surface area contributed by atoms with Crippen LogP contribution in [0.2, 0.25) is 0 Å². The molecule has 0 aliphatic carbocycles. The molecule has 1 fully saturated rings. The second kappa shape index (κ2) is 8.92. The molecular weight excluding hydrogens is 470 g/mol. The lowest BCUT2D eigenvalue weighted by atomic mass is 9.98. The first-order valence-corrected chi connectivity index (χ1v) is 13.1. The molecule has 0 amide bonds. The number of ether oxygens (including phenoxy) is 1. The van der Waals surface area contributed by atoms with Crippen molar-refractivity contribution >= 4 is 38.7 Å². The Hall–Kier alpha value is -3.11. The van der Waals surface area contributed by atoms with Crippen molar-refractivity contribution in [3.63, 3.8) is 0 Å². The highest BCUT2D eigenvalue weighted by atomic mass is 32.2. The highest BCUT2D eigenvalue weighted by molar-refractivity contribution is 7.92. The number of hydrogen-bond acceptors (Lipinski definition) is 5. The summed E-state index contributed by atoms with van der Waals surface area (Å²) in [6.07, 6.45) is 7.06. The summed E-state index contributed by atoms with van der Waals surface area (Å²) < 4.78 is 34.0. The predicted molar refractivity (Wildman–Crippen MR) is 139 cm³/mol. The van der Waals surface area contributed by atoms with E-state index in [1.807, 2.05) is 29.2 Å². The first-order valence-electron chi connectivity index (χ1n) is 10.8. The molecule has 3 heterocycles. The molecule has 0 radical (unpaired) electrons. The van der Waals surface area contributed by atoms with Crippen molar-refractivity contribution in [3.8, 4) is 5.75 Å². The summed E-state index contributed by atoms with van der Waals surface area (Å²) in [6.45, 7) is 6.44. The topological polar surface area (TPSA) is 88.5 Å². The molecule has 1 aromatic carbocycles. The average Bonchev–Trinajstić information content (AvgIpc) is 3.38. The Morgan fingerprint density at radius 2 is 1.94 bits per heavy atom. The quantitative estimate of drug-likeness (QED) is 0.492. The molecule has 8 nitrogen and oxygen atoms in total. The molecule has 0 saturated carbocycles. The van der Waals surface area contributed by atoms with Crippen LogP contribution in [-0.2, 0) is 15.6 Å². The van der Waals surface area contributed by atoms with Gasteiger partial charge in [-0.25, -0.2) is 8.42 Å². The third-order valence-electron chi connectivity index (χ3n) is 5.69. The summed E-state index contributed by atoms with van der Waals surface area (Å²) in [7, 11) is -2.01. The fraction of sp³-hybridized carbons (Fsp3) is 0.333. The van der Waals surface area contributed by atoms with Gasteiger partial charge in [-0.1, -0.05) is 6.07 Å². The van der Waals surface area contributed by atoms with Gasteiger partial charge in [0.15, 0.2) is 5.11 Å². The summed E-state index contributed by atoms with van der Waals surface area (Å²) in [4.78, 5) is 6.58. The van der Waals surface area contributed by atoms with Crippen molar-refractivity contribution in [1.82, 2.24) is 14.9 Å². The van der Waals surface area contributed by atoms with Crippen LogP contribution in [0.1, 0.15) is 44.1 Å². The van der Waals surface area contributed by atoms with Crippen LogP contribution in [-0.4, -0.2) is 36.4 Å². The maximum Gasteiger partial charge on any atom is 0.229 e. The molecule has 0 unspecified atom stereocenters. The number of anilines is 2. The van der Waals surface area contributed by atoms with Crippen LogP contribution in [0.25, 0.3) is 0 Å². The molecular formula is C24H29N5O3S2. The monoisotopic (exact) mass is 499 g/mol. The largest absolute Gasteiger partial charge is 0.495 e. The van der Waals surface area contributed by atoms with Gasteiger partial charge in [0, 0.05) is 29.8 Å². The minimum absolute atomic E-state index is 0.0806. The van der Waals surface area contributed by atoms with E-state index in [1.165, 1.54) is 7.11 Å². The number of sulfonamides is 1.